The van der Waals surface area contributed by atoms with Gasteiger partial charge < -0.3 is 14.8 Å². The minimum Gasteiger partial charge on any atom is -0.491 e. The Bertz CT molecular complexity index is 461. The van der Waals surface area contributed by atoms with Crippen molar-refractivity contribution in [1.82, 2.24) is 10.2 Å². The quantitative estimate of drug-likeness (QED) is 0.807. The molecule has 1 spiro atoms. The molecule has 5 heteroatoms. The number of likely N-dealkylation sites (tertiary alicyclic amines) is 1. The highest BCUT2D eigenvalue weighted by molar-refractivity contribution is 5.85. The standard InChI is InChI=1S/C18H28N2O2.ClH/c1-21-12-13-22-17-4-2-16(3-5-17)14-20-11-8-18(15-20)6-9-19-10-7-18;/h2-5,19H,6-15H2,1H3;1H. The Morgan fingerprint density at radius 1 is 1.09 bits per heavy atom. The van der Waals surface area contributed by atoms with Crippen LogP contribution in [0.2, 0.25) is 0 Å². The van der Waals surface area contributed by atoms with Crippen molar-refractivity contribution in [3.8, 4) is 5.75 Å². The molecule has 0 saturated carbocycles. The van der Waals surface area contributed by atoms with E-state index in [-0.39, 0.29) is 12.4 Å². The van der Waals surface area contributed by atoms with Crippen LogP contribution in [0.25, 0.3) is 0 Å². The maximum Gasteiger partial charge on any atom is 0.119 e. The van der Waals surface area contributed by atoms with Gasteiger partial charge in [0.15, 0.2) is 0 Å². The van der Waals surface area contributed by atoms with Crippen molar-refractivity contribution in [3.05, 3.63) is 29.8 Å². The van der Waals surface area contributed by atoms with Gasteiger partial charge in [0.2, 0.25) is 0 Å². The fourth-order valence-electron chi connectivity index (χ4n) is 3.72. The molecule has 0 amide bonds. The maximum atomic E-state index is 5.62. The summed E-state index contributed by atoms with van der Waals surface area (Å²) in [4.78, 5) is 2.62. The lowest BCUT2D eigenvalue weighted by atomic mass is 9.78. The van der Waals surface area contributed by atoms with Crippen molar-refractivity contribution in [2.24, 2.45) is 5.41 Å². The molecule has 1 aromatic rings. The lowest BCUT2D eigenvalue weighted by molar-refractivity contribution is 0.146. The molecule has 2 aliphatic heterocycles. The molecule has 0 unspecified atom stereocenters. The van der Waals surface area contributed by atoms with Crippen LogP contribution >= 0.6 is 12.4 Å². The zero-order valence-corrected chi connectivity index (χ0v) is 14.9. The first kappa shape index (κ1) is 18.5. The normalized spacial score (nSPS) is 20.4. The number of rotatable bonds is 6. The first-order chi connectivity index (χ1) is 10.8. The molecule has 4 nitrogen and oxygen atoms in total. The minimum absolute atomic E-state index is 0. The number of ether oxygens (including phenoxy) is 2. The second kappa shape index (κ2) is 8.88. The third kappa shape index (κ3) is 5.08. The molecule has 2 fully saturated rings. The van der Waals surface area contributed by atoms with Crippen LogP contribution in [0.4, 0.5) is 0 Å². The maximum absolute atomic E-state index is 5.62. The zero-order chi connectivity index (χ0) is 15.3. The molecular weight excluding hydrogens is 312 g/mol. The summed E-state index contributed by atoms with van der Waals surface area (Å²) in [7, 11) is 1.69. The molecule has 0 atom stereocenters. The second-order valence-corrected chi connectivity index (χ2v) is 6.70. The SMILES string of the molecule is COCCOc1ccc(CN2CCC3(CCNCC3)C2)cc1.Cl. The Morgan fingerprint density at radius 3 is 2.52 bits per heavy atom. The van der Waals surface area contributed by atoms with Crippen LogP contribution < -0.4 is 10.1 Å². The van der Waals surface area contributed by atoms with Crippen LogP contribution in [0, 0.1) is 5.41 Å². The van der Waals surface area contributed by atoms with Gasteiger partial charge in [0.1, 0.15) is 12.4 Å². The van der Waals surface area contributed by atoms with Gasteiger partial charge in [-0.3, -0.25) is 4.90 Å². The lowest BCUT2D eigenvalue weighted by Crippen LogP contribution is -2.38. The number of benzene rings is 1. The summed E-state index contributed by atoms with van der Waals surface area (Å²) in [5.41, 5.74) is 1.97. The molecule has 130 valence electrons. The van der Waals surface area contributed by atoms with Crippen molar-refractivity contribution in [2.75, 3.05) is 46.5 Å². The molecule has 2 heterocycles. The average Bonchev–Trinajstić information content (AvgIpc) is 2.92. The molecule has 3 rings (SSSR count). The number of piperidine rings is 1. The highest BCUT2D eigenvalue weighted by Crippen LogP contribution is 2.39. The summed E-state index contributed by atoms with van der Waals surface area (Å²) in [5.74, 6) is 0.928. The summed E-state index contributed by atoms with van der Waals surface area (Å²) in [6.45, 7) is 7.20. The van der Waals surface area contributed by atoms with E-state index in [2.05, 4.69) is 34.5 Å². The number of nitrogens with one attached hydrogen (secondary N) is 1. The van der Waals surface area contributed by atoms with Gasteiger partial charge >= 0.3 is 0 Å². The Kier molecular flexibility index (Phi) is 7.15. The van der Waals surface area contributed by atoms with Crippen LogP contribution in [-0.4, -0.2) is 51.4 Å². The minimum atomic E-state index is 0. The Balaban J connectivity index is 0.00000192. The fraction of sp³-hybridized carbons (Fsp3) is 0.667. The van der Waals surface area contributed by atoms with Gasteiger partial charge in [0.05, 0.1) is 6.61 Å². The molecule has 1 N–H and O–H groups in total. The second-order valence-electron chi connectivity index (χ2n) is 6.70. The van der Waals surface area contributed by atoms with Gasteiger partial charge in [-0.2, -0.15) is 0 Å². The van der Waals surface area contributed by atoms with Gasteiger partial charge in [-0.15, -0.1) is 12.4 Å². The average molecular weight is 341 g/mol. The number of halogens is 1. The van der Waals surface area contributed by atoms with Crippen molar-refractivity contribution in [2.45, 2.75) is 25.8 Å². The Labute approximate surface area is 145 Å². The summed E-state index contributed by atoms with van der Waals surface area (Å²) in [6, 6.07) is 8.52. The van der Waals surface area contributed by atoms with E-state index in [1.807, 2.05) is 0 Å². The first-order valence-electron chi connectivity index (χ1n) is 8.43. The third-order valence-electron chi connectivity index (χ3n) is 5.07. The molecule has 1 aromatic carbocycles. The molecule has 0 radical (unpaired) electrons. The Morgan fingerprint density at radius 2 is 1.83 bits per heavy atom. The molecule has 0 aliphatic carbocycles. The fourth-order valence-corrected chi connectivity index (χ4v) is 3.72. The molecule has 2 saturated heterocycles. The largest absolute Gasteiger partial charge is 0.491 e. The van der Waals surface area contributed by atoms with Crippen LogP contribution in [0.3, 0.4) is 0 Å². The Hall–Kier alpha value is -0.810. The van der Waals surface area contributed by atoms with Gasteiger partial charge in [0, 0.05) is 20.2 Å². The molecule has 2 aliphatic rings. The van der Waals surface area contributed by atoms with E-state index in [0.29, 0.717) is 18.6 Å². The van der Waals surface area contributed by atoms with Crippen LogP contribution in [0.5, 0.6) is 5.75 Å². The van der Waals surface area contributed by atoms with Gasteiger partial charge in [-0.05, 0) is 62.0 Å². The smallest absolute Gasteiger partial charge is 0.119 e. The number of hydrogen-bond acceptors (Lipinski definition) is 4. The summed E-state index contributed by atoms with van der Waals surface area (Å²) >= 11 is 0. The topological polar surface area (TPSA) is 33.7 Å². The molecule has 0 bridgehead atoms. The van der Waals surface area contributed by atoms with Crippen molar-refractivity contribution >= 4 is 12.4 Å². The lowest BCUT2D eigenvalue weighted by Gasteiger charge is -2.33. The van der Waals surface area contributed by atoms with E-state index in [4.69, 9.17) is 9.47 Å². The summed E-state index contributed by atoms with van der Waals surface area (Å²) in [5, 5.41) is 3.49. The first-order valence-corrected chi connectivity index (χ1v) is 8.43. The molecule has 23 heavy (non-hydrogen) atoms. The van der Waals surface area contributed by atoms with Crippen molar-refractivity contribution in [1.29, 1.82) is 0 Å². The monoisotopic (exact) mass is 340 g/mol. The van der Waals surface area contributed by atoms with Crippen LogP contribution in [0.1, 0.15) is 24.8 Å². The molecular formula is C18H29ClN2O2. The highest BCUT2D eigenvalue weighted by Gasteiger charge is 2.38. The number of methoxy groups -OCH3 is 1. The predicted octanol–water partition coefficient (Wildman–Crippen LogP) is 2.71. The van der Waals surface area contributed by atoms with Crippen molar-refractivity contribution in [3.63, 3.8) is 0 Å². The van der Waals surface area contributed by atoms with Crippen LogP contribution in [0.15, 0.2) is 24.3 Å². The highest BCUT2D eigenvalue weighted by atomic mass is 35.5. The van der Waals surface area contributed by atoms with E-state index < -0.39 is 0 Å². The van der Waals surface area contributed by atoms with Crippen molar-refractivity contribution < 1.29 is 9.47 Å². The van der Waals surface area contributed by atoms with Crippen LogP contribution in [-0.2, 0) is 11.3 Å². The van der Waals surface area contributed by atoms with Gasteiger partial charge in [0.25, 0.3) is 0 Å². The van der Waals surface area contributed by atoms with Gasteiger partial charge in [-0.25, -0.2) is 0 Å². The zero-order valence-electron chi connectivity index (χ0n) is 14.1. The molecule has 0 aromatic heterocycles. The predicted molar refractivity (Wildman–Crippen MR) is 95.5 cm³/mol. The number of hydrogen-bond donors (Lipinski definition) is 1. The van der Waals surface area contributed by atoms with E-state index in [1.54, 1.807) is 7.11 Å². The van der Waals surface area contributed by atoms with E-state index in [1.165, 1.54) is 51.0 Å². The third-order valence-corrected chi connectivity index (χ3v) is 5.07. The summed E-state index contributed by atoms with van der Waals surface area (Å²) in [6.07, 6.45) is 4.05. The van der Waals surface area contributed by atoms with Gasteiger partial charge in [-0.1, -0.05) is 12.1 Å². The summed E-state index contributed by atoms with van der Waals surface area (Å²) < 4.78 is 10.6. The van der Waals surface area contributed by atoms with E-state index in [9.17, 15) is 0 Å². The number of nitrogens with zero attached hydrogens (tertiary/aromatic N) is 1. The van der Waals surface area contributed by atoms with E-state index in [0.717, 1.165) is 12.3 Å². The van der Waals surface area contributed by atoms with E-state index >= 15 is 0 Å².